The van der Waals surface area contributed by atoms with E-state index in [1.165, 1.54) is 13.1 Å². The van der Waals surface area contributed by atoms with Crippen LogP contribution in [-0.2, 0) is 16.0 Å². The number of carboxylic acids is 1. The van der Waals surface area contributed by atoms with Crippen molar-refractivity contribution in [1.29, 1.82) is 0 Å². The van der Waals surface area contributed by atoms with Crippen LogP contribution in [0.2, 0.25) is 0 Å². The summed E-state index contributed by atoms with van der Waals surface area (Å²) in [6.07, 6.45) is -0.991. The predicted octanol–water partition coefficient (Wildman–Crippen LogP) is 4.84. The first-order valence-corrected chi connectivity index (χ1v) is 10.1. The Hall–Kier alpha value is -3.74. The van der Waals surface area contributed by atoms with E-state index < -0.39 is 29.7 Å². The number of carbonyl (C=O) groups excluding carboxylic acids is 1. The van der Waals surface area contributed by atoms with Gasteiger partial charge in [-0.25, -0.2) is 18.4 Å². The Labute approximate surface area is 183 Å². The van der Waals surface area contributed by atoms with Crippen LogP contribution >= 0.6 is 0 Å². The van der Waals surface area contributed by atoms with Gasteiger partial charge in [-0.15, -0.1) is 0 Å². The van der Waals surface area contributed by atoms with Gasteiger partial charge in [-0.2, -0.15) is 0 Å². The van der Waals surface area contributed by atoms with Crippen LogP contribution < -0.4 is 0 Å². The standard InChI is InChI=1S/C25H21F2NO4/c1-28(23(24(29)30)13-15-10-11-21(26)22(27)12-15)25(31)32-14-20-18-8-4-2-6-16(18)17-7-3-5-9-19(17)20/h2-12,20,23H,13-14H2,1H3,(H,29,30)/t23-/m0/s1. The molecule has 1 aliphatic rings. The van der Waals surface area contributed by atoms with Gasteiger partial charge < -0.3 is 9.84 Å². The molecule has 4 rings (SSSR count). The number of ether oxygens (including phenoxy) is 1. The van der Waals surface area contributed by atoms with Crippen LogP contribution in [0.4, 0.5) is 13.6 Å². The van der Waals surface area contributed by atoms with Crippen molar-refractivity contribution in [3.8, 4) is 11.1 Å². The summed E-state index contributed by atoms with van der Waals surface area (Å²) in [6, 6.07) is 17.6. The van der Waals surface area contributed by atoms with Crippen LogP contribution in [0, 0.1) is 11.6 Å². The summed E-state index contributed by atoms with van der Waals surface area (Å²) in [7, 11) is 1.32. The van der Waals surface area contributed by atoms with Crippen molar-refractivity contribution in [2.75, 3.05) is 13.7 Å². The van der Waals surface area contributed by atoms with Crippen LogP contribution in [0.1, 0.15) is 22.6 Å². The predicted molar refractivity (Wildman–Crippen MR) is 114 cm³/mol. The van der Waals surface area contributed by atoms with Crippen molar-refractivity contribution < 1.29 is 28.2 Å². The molecule has 0 radical (unpaired) electrons. The Bertz CT molecular complexity index is 1130. The third-order valence-corrected chi connectivity index (χ3v) is 5.79. The summed E-state index contributed by atoms with van der Waals surface area (Å²) in [5.74, 6) is -3.53. The molecule has 1 amide bonds. The highest BCUT2D eigenvalue weighted by molar-refractivity contribution is 5.81. The summed E-state index contributed by atoms with van der Waals surface area (Å²) < 4.78 is 32.2. The molecule has 1 aliphatic carbocycles. The fraction of sp³-hybridized carbons (Fsp3) is 0.200. The first-order chi connectivity index (χ1) is 15.4. The second kappa shape index (κ2) is 8.78. The zero-order valence-electron chi connectivity index (χ0n) is 17.3. The van der Waals surface area contributed by atoms with E-state index in [9.17, 15) is 23.5 Å². The molecule has 3 aromatic rings. The number of carboxylic acid groups (broad SMARTS) is 1. The van der Waals surface area contributed by atoms with Gasteiger partial charge in [-0.3, -0.25) is 4.90 Å². The largest absolute Gasteiger partial charge is 0.480 e. The molecule has 32 heavy (non-hydrogen) atoms. The van der Waals surface area contributed by atoms with E-state index in [-0.39, 0.29) is 24.5 Å². The van der Waals surface area contributed by atoms with Gasteiger partial charge in [-0.1, -0.05) is 54.6 Å². The van der Waals surface area contributed by atoms with Crippen molar-refractivity contribution in [1.82, 2.24) is 4.90 Å². The molecule has 5 nitrogen and oxygen atoms in total. The van der Waals surface area contributed by atoms with Gasteiger partial charge in [0.2, 0.25) is 0 Å². The lowest BCUT2D eigenvalue weighted by molar-refractivity contribution is -0.142. The molecule has 3 aromatic carbocycles. The third kappa shape index (κ3) is 4.06. The fourth-order valence-electron chi connectivity index (χ4n) is 4.10. The number of rotatable bonds is 6. The summed E-state index contributed by atoms with van der Waals surface area (Å²) in [6.45, 7) is 0.0503. The molecule has 1 N–H and O–H groups in total. The summed E-state index contributed by atoms with van der Waals surface area (Å²) >= 11 is 0. The Balaban J connectivity index is 1.48. The number of hydrogen-bond donors (Lipinski definition) is 1. The Kier molecular flexibility index (Phi) is 5.90. The van der Waals surface area contributed by atoms with Crippen molar-refractivity contribution in [3.05, 3.63) is 95.1 Å². The highest BCUT2D eigenvalue weighted by Gasteiger charge is 2.32. The van der Waals surface area contributed by atoms with E-state index in [2.05, 4.69) is 0 Å². The molecule has 0 saturated carbocycles. The molecule has 0 saturated heterocycles. The minimum atomic E-state index is -1.30. The lowest BCUT2D eigenvalue weighted by Gasteiger charge is -2.25. The smallest absolute Gasteiger partial charge is 0.410 e. The highest BCUT2D eigenvalue weighted by Crippen LogP contribution is 2.44. The van der Waals surface area contributed by atoms with Gasteiger partial charge >= 0.3 is 12.1 Å². The van der Waals surface area contributed by atoms with E-state index >= 15 is 0 Å². The zero-order valence-corrected chi connectivity index (χ0v) is 17.3. The number of hydrogen-bond acceptors (Lipinski definition) is 3. The molecular formula is C25H21F2NO4. The van der Waals surface area contributed by atoms with E-state index in [0.717, 1.165) is 39.3 Å². The molecule has 0 aromatic heterocycles. The topological polar surface area (TPSA) is 66.8 Å². The van der Waals surface area contributed by atoms with Crippen LogP contribution in [-0.4, -0.2) is 41.8 Å². The normalized spacial score (nSPS) is 13.2. The molecule has 1 atom stereocenters. The molecule has 0 fully saturated rings. The molecule has 164 valence electrons. The number of aliphatic carboxylic acids is 1. The van der Waals surface area contributed by atoms with E-state index in [0.29, 0.717) is 0 Å². The van der Waals surface area contributed by atoms with Crippen molar-refractivity contribution in [2.45, 2.75) is 18.4 Å². The molecule has 0 bridgehead atoms. The molecule has 0 unspecified atom stereocenters. The highest BCUT2D eigenvalue weighted by atomic mass is 19.2. The third-order valence-electron chi connectivity index (χ3n) is 5.79. The van der Waals surface area contributed by atoms with E-state index in [1.807, 2.05) is 48.5 Å². The van der Waals surface area contributed by atoms with Crippen LogP contribution in [0.3, 0.4) is 0 Å². The number of halogens is 2. The van der Waals surface area contributed by atoms with Crippen molar-refractivity contribution in [3.63, 3.8) is 0 Å². The van der Waals surface area contributed by atoms with Crippen molar-refractivity contribution >= 4 is 12.1 Å². The fourth-order valence-corrected chi connectivity index (χ4v) is 4.10. The minimum Gasteiger partial charge on any atom is -0.480 e. The Morgan fingerprint density at radius 3 is 2.12 bits per heavy atom. The van der Waals surface area contributed by atoms with Gasteiger partial charge in [-0.05, 0) is 39.9 Å². The first kappa shape index (κ1) is 21.5. The SMILES string of the molecule is CN(C(=O)OCC1c2ccccc2-c2ccccc21)[C@@H](Cc1ccc(F)c(F)c1)C(=O)O. The Morgan fingerprint density at radius 1 is 0.969 bits per heavy atom. The van der Waals surface area contributed by atoms with Crippen LogP contribution in [0.5, 0.6) is 0 Å². The molecule has 0 heterocycles. The van der Waals surface area contributed by atoms with Crippen LogP contribution in [0.25, 0.3) is 11.1 Å². The maximum absolute atomic E-state index is 13.5. The summed E-state index contributed by atoms with van der Waals surface area (Å²) in [4.78, 5) is 25.4. The zero-order chi connectivity index (χ0) is 22.8. The number of likely N-dealkylation sites (N-methyl/N-ethyl adjacent to an activating group) is 1. The second-order valence-electron chi connectivity index (χ2n) is 7.72. The van der Waals surface area contributed by atoms with Gasteiger partial charge in [0.05, 0.1) is 0 Å². The number of carbonyl (C=O) groups is 2. The first-order valence-electron chi connectivity index (χ1n) is 10.1. The average molecular weight is 437 g/mol. The summed E-state index contributed by atoms with van der Waals surface area (Å²) in [5.41, 5.74) is 4.51. The van der Waals surface area contributed by atoms with Gasteiger partial charge in [0.25, 0.3) is 0 Å². The average Bonchev–Trinajstić information content (AvgIpc) is 3.11. The van der Waals surface area contributed by atoms with Crippen molar-refractivity contribution in [2.24, 2.45) is 0 Å². The number of fused-ring (bicyclic) bond motifs is 3. The Morgan fingerprint density at radius 2 is 1.56 bits per heavy atom. The lowest BCUT2D eigenvalue weighted by atomic mass is 9.98. The quantitative estimate of drug-likeness (QED) is 0.599. The maximum Gasteiger partial charge on any atom is 0.410 e. The minimum absolute atomic E-state index is 0.0503. The number of benzene rings is 3. The maximum atomic E-state index is 13.5. The molecule has 7 heteroatoms. The van der Waals surface area contributed by atoms with E-state index in [1.54, 1.807) is 0 Å². The van der Waals surface area contributed by atoms with Crippen LogP contribution in [0.15, 0.2) is 66.7 Å². The van der Waals surface area contributed by atoms with Gasteiger partial charge in [0, 0.05) is 19.4 Å². The summed E-state index contributed by atoms with van der Waals surface area (Å²) in [5, 5.41) is 9.60. The molecule has 0 aliphatic heterocycles. The van der Waals surface area contributed by atoms with Gasteiger partial charge in [0.15, 0.2) is 11.6 Å². The lowest BCUT2D eigenvalue weighted by Crippen LogP contribution is -2.44. The second-order valence-corrected chi connectivity index (χ2v) is 7.72. The number of amides is 1. The molecular weight excluding hydrogens is 416 g/mol. The van der Waals surface area contributed by atoms with Gasteiger partial charge in [0.1, 0.15) is 12.6 Å². The number of nitrogens with zero attached hydrogens (tertiary/aromatic N) is 1. The molecule has 0 spiro atoms. The monoisotopic (exact) mass is 437 g/mol. The van der Waals surface area contributed by atoms with E-state index in [4.69, 9.17) is 4.74 Å².